The summed E-state index contributed by atoms with van der Waals surface area (Å²) >= 11 is 5.90. The van der Waals surface area contributed by atoms with Gasteiger partial charge in [-0.3, -0.25) is 14.9 Å². The Balaban J connectivity index is 2.07. The van der Waals surface area contributed by atoms with E-state index in [1.54, 1.807) is 0 Å². The van der Waals surface area contributed by atoms with E-state index < -0.39 is 10.8 Å². The van der Waals surface area contributed by atoms with Gasteiger partial charge in [0.15, 0.2) is 0 Å². The molecule has 0 unspecified atom stereocenters. The van der Waals surface area contributed by atoms with Crippen LogP contribution in [0.2, 0.25) is 5.02 Å². The number of rotatable bonds is 5. The molecule has 1 amide bonds. The molecule has 0 aliphatic heterocycles. The van der Waals surface area contributed by atoms with Crippen molar-refractivity contribution in [3.05, 3.63) is 68.7 Å². The Morgan fingerprint density at radius 3 is 2.50 bits per heavy atom. The molecule has 0 aromatic heterocycles. The molecule has 1 N–H and O–H groups in total. The lowest BCUT2D eigenvalue weighted by molar-refractivity contribution is -0.384. The monoisotopic (exact) mass is 346 g/mol. The zero-order valence-corrected chi connectivity index (χ0v) is 13.8. The molecule has 124 valence electrons. The molecule has 2 rings (SSSR count). The van der Waals surface area contributed by atoms with E-state index in [4.69, 9.17) is 11.6 Å². The van der Waals surface area contributed by atoms with Crippen molar-refractivity contribution in [3.8, 4) is 0 Å². The highest BCUT2D eigenvalue weighted by molar-refractivity contribution is 6.33. The number of nitro groups is 1. The number of hydrogen-bond acceptors (Lipinski definition) is 5. The minimum atomic E-state index is -0.620. The molecule has 0 spiro atoms. The van der Waals surface area contributed by atoms with Gasteiger partial charge in [-0.25, -0.2) is 5.43 Å². The van der Waals surface area contributed by atoms with Crippen molar-refractivity contribution >= 4 is 35.1 Å². The van der Waals surface area contributed by atoms with E-state index in [1.165, 1.54) is 18.3 Å². The first kappa shape index (κ1) is 17.4. The molecule has 0 atom stereocenters. The van der Waals surface area contributed by atoms with Crippen molar-refractivity contribution < 1.29 is 9.72 Å². The van der Waals surface area contributed by atoms with Crippen molar-refractivity contribution in [2.75, 3.05) is 19.0 Å². The third-order valence-corrected chi connectivity index (χ3v) is 3.52. The summed E-state index contributed by atoms with van der Waals surface area (Å²) in [6, 6.07) is 11.2. The average Bonchev–Trinajstić information content (AvgIpc) is 2.55. The zero-order chi connectivity index (χ0) is 17.7. The van der Waals surface area contributed by atoms with Crippen LogP contribution in [0.5, 0.6) is 0 Å². The number of hydrazone groups is 1. The van der Waals surface area contributed by atoms with Crippen LogP contribution >= 0.6 is 11.6 Å². The zero-order valence-electron chi connectivity index (χ0n) is 13.1. The predicted octanol–water partition coefficient (Wildman–Crippen LogP) is 3.08. The molecule has 24 heavy (non-hydrogen) atoms. The van der Waals surface area contributed by atoms with Gasteiger partial charge in [-0.15, -0.1) is 0 Å². The first-order valence-electron chi connectivity index (χ1n) is 6.93. The van der Waals surface area contributed by atoms with Crippen LogP contribution in [0.3, 0.4) is 0 Å². The average molecular weight is 347 g/mol. The van der Waals surface area contributed by atoms with Gasteiger partial charge in [0, 0.05) is 31.9 Å². The van der Waals surface area contributed by atoms with Crippen LogP contribution in [0, 0.1) is 10.1 Å². The molecular formula is C16H15ClN4O3. The van der Waals surface area contributed by atoms with Crippen molar-refractivity contribution in [3.63, 3.8) is 0 Å². The molecule has 0 bridgehead atoms. The van der Waals surface area contributed by atoms with E-state index in [0.717, 1.165) is 17.3 Å². The van der Waals surface area contributed by atoms with Gasteiger partial charge in [0.2, 0.25) is 0 Å². The van der Waals surface area contributed by atoms with Gasteiger partial charge in [0.1, 0.15) is 0 Å². The molecule has 2 aromatic carbocycles. The van der Waals surface area contributed by atoms with Gasteiger partial charge in [0.05, 0.1) is 21.7 Å². The molecule has 0 saturated carbocycles. The number of nitrogens with one attached hydrogen (secondary N) is 1. The number of hydrogen-bond donors (Lipinski definition) is 1. The number of non-ortho nitro benzene ring substituents is 1. The normalized spacial score (nSPS) is 10.6. The molecule has 7 nitrogen and oxygen atoms in total. The molecule has 0 aliphatic rings. The van der Waals surface area contributed by atoms with Crippen molar-refractivity contribution in [2.24, 2.45) is 5.10 Å². The van der Waals surface area contributed by atoms with Crippen molar-refractivity contribution in [1.29, 1.82) is 0 Å². The van der Waals surface area contributed by atoms with Gasteiger partial charge in [-0.2, -0.15) is 5.10 Å². The van der Waals surface area contributed by atoms with Crippen LogP contribution in [0.15, 0.2) is 47.6 Å². The van der Waals surface area contributed by atoms with Gasteiger partial charge in [-0.1, -0.05) is 23.7 Å². The first-order valence-corrected chi connectivity index (χ1v) is 7.31. The second-order valence-corrected chi connectivity index (χ2v) is 5.51. The number of anilines is 1. The number of amides is 1. The molecule has 0 aliphatic carbocycles. The molecule has 0 radical (unpaired) electrons. The number of halogens is 1. The second-order valence-electron chi connectivity index (χ2n) is 5.11. The Morgan fingerprint density at radius 2 is 1.92 bits per heavy atom. The number of nitrogens with zero attached hydrogens (tertiary/aromatic N) is 3. The molecule has 2 aromatic rings. The van der Waals surface area contributed by atoms with Crippen molar-refractivity contribution in [1.82, 2.24) is 5.43 Å². The maximum absolute atomic E-state index is 12.0. The first-order chi connectivity index (χ1) is 11.4. The Labute approximate surface area is 143 Å². The van der Waals surface area contributed by atoms with Crippen LogP contribution in [-0.2, 0) is 0 Å². The summed E-state index contributed by atoms with van der Waals surface area (Å²) in [7, 11) is 3.87. The fourth-order valence-electron chi connectivity index (χ4n) is 1.89. The van der Waals surface area contributed by atoms with Crippen molar-refractivity contribution in [2.45, 2.75) is 0 Å². The Kier molecular flexibility index (Phi) is 5.49. The van der Waals surface area contributed by atoms with E-state index in [2.05, 4.69) is 10.5 Å². The number of carbonyl (C=O) groups is 1. The summed E-state index contributed by atoms with van der Waals surface area (Å²) in [4.78, 5) is 24.2. The lowest BCUT2D eigenvalue weighted by atomic mass is 10.2. The molecule has 0 fully saturated rings. The highest BCUT2D eigenvalue weighted by Gasteiger charge is 2.15. The van der Waals surface area contributed by atoms with E-state index >= 15 is 0 Å². The van der Waals surface area contributed by atoms with Crippen LogP contribution in [-0.4, -0.2) is 31.1 Å². The second kappa shape index (κ2) is 7.56. The quantitative estimate of drug-likeness (QED) is 0.512. The third-order valence-electron chi connectivity index (χ3n) is 3.19. The summed E-state index contributed by atoms with van der Waals surface area (Å²) < 4.78 is 0. The highest BCUT2D eigenvalue weighted by atomic mass is 35.5. The maximum Gasteiger partial charge on any atom is 0.273 e. The minimum Gasteiger partial charge on any atom is -0.378 e. The van der Waals surface area contributed by atoms with Gasteiger partial charge < -0.3 is 4.90 Å². The van der Waals surface area contributed by atoms with Crippen LogP contribution < -0.4 is 10.3 Å². The summed E-state index contributed by atoms with van der Waals surface area (Å²) in [5.41, 5.74) is 3.92. The van der Waals surface area contributed by atoms with E-state index in [0.29, 0.717) is 0 Å². The lowest BCUT2D eigenvalue weighted by Gasteiger charge is -2.11. The number of carbonyl (C=O) groups excluding carboxylic acids is 1. The summed E-state index contributed by atoms with van der Waals surface area (Å²) in [6.45, 7) is 0. The van der Waals surface area contributed by atoms with E-state index in [-0.39, 0.29) is 16.3 Å². The van der Waals surface area contributed by atoms with Crippen LogP contribution in [0.1, 0.15) is 15.9 Å². The standard InChI is InChI=1S/C16H15ClN4O3/c1-20(2)12-5-3-11(4-6-12)10-18-19-16(22)14-9-13(21(23)24)7-8-15(14)17/h3-10H,1-2H3,(H,19,22). The topological polar surface area (TPSA) is 87.8 Å². The SMILES string of the molecule is CN(C)c1ccc(C=NNC(=O)c2cc([N+](=O)[O-])ccc2Cl)cc1. The smallest absolute Gasteiger partial charge is 0.273 e. The maximum atomic E-state index is 12.0. The number of benzene rings is 2. The van der Waals surface area contributed by atoms with Gasteiger partial charge >= 0.3 is 0 Å². The highest BCUT2D eigenvalue weighted by Crippen LogP contribution is 2.21. The van der Waals surface area contributed by atoms with E-state index in [1.807, 2.05) is 43.3 Å². The van der Waals surface area contributed by atoms with Crippen LogP contribution in [0.4, 0.5) is 11.4 Å². The van der Waals surface area contributed by atoms with E-state index in [9.17, 15) is 14.9 Å². The predicted molar refractivity (Wildman–Crippen MR) is 93.9 cm³/mol. The summed E-state index contributed by atoms with van der Waals surface area (Å²) in [5, 5.41) is 14.7. The summed E-state index contributed by atoms with van der Waals surface area (Å²) in [6.07, 6.45) is 1.47. The minimum absolute atomic E-state index is 0.00836. The molecular weight excluding hydrogens is 332 g/mol. The Hall–Kier alpha value is -2.93. The Bertz CT molecular complexity index is 788. The Morgan fingerprint density at radius 1 is 1.25 bits per heavy atom. The largest absolute Gasteiger partial charge is 0.378 e. The third kappa shape index (κ3) is 4.30. The fraction of sp³-hybridized carbons (Fsp3) is 0.125. The lowest BCUT2D eigenvalue weighted by Crippen LogP contribution is -2.18. The van der Waals surface area contributed by atoms with Gasteiger partial charge in [0.25, 0.3) is 11.6 Å². The van der Waals surface area contributed by atoms with Gasteiger partial charge in [-0.05, 0) is 23.8 Å². The summed E-state index contributed by atoms with van der Waals surface area (Å²) in [5.74, 6) is -0.620. The molecule has 0 saturated heterocycles. The molecule has 0 heterocycles. The molecule has 8 heteroatoms. The van der Waals surface area contributed by atoms with Crippen LogP contribution in [0.25, 0.3) is 0 Å². The number of nitro benzene ring substituents is 1. The fourth-order valence-corrected chi connectivity index (χ4v) is 2.09.